The highest BCUT2D eigenvalue weighted by atomic mass is 19.1. The highest BCUT2D eigenvalue weighted by Crippen LogP contribution is 2.33. The number of imidazole rings is 1. The Kier molecular flexibility index (Phi) is 4.28. The molecule has 3 N–H and O–H groups in total. The quantitative estimate of drug-likeness (QED) is 0.399. The highest BCUT2D eigenvalue weighted by Gasteiger charge is 2.20. The second-order valence-corrected chi connectivity index (χ2v) is 8.05. The van der Waals surface area contributed by atoms with Crippen LogP contribution in [0, 0.1) is 5.82 Å². The van der Waals surface area contributed by atoms with Crippen molar-refractivity contribution in [1.82, 2.24) is 30.5 Å². The summed E-state index contributed by atoms with van der Waals surface area (Å²) < 4.78 is 13.4. The molecule has 0 spiro atoms. The number of piperidine rings is 1. The predicted octanol–water partition coefficient (Wildman–Crippen LogP) is 4.77. The minimum absolute atomic E-state index is 0.250. The van der Waals surface area contributed by atoms with Crippen LogP contribution in [0.1, 0.15) is 24.5 Å². The summed E-state index contributed by atoms with van der Waals surface area (Å²) in [5, 5.41) is 12.1. The van der Waals surface area contributed by atoms with Gasteiger partial charge in [0.1, 0.15) is 11.5 Å². The van der Waals surface area contributed by atoms with Gasteiger partial charge in [-0.05, 0) is 55.8 Å². The van der Waals surface area contributed by atoms with E-state index in [0.717, 1.165) is 70.4 Å². The lowest BCUT2D eigenvalue weighted by atomic mass is 9.93. The molecular formula is C24H21FN6. The molecule has 6 nitrogen and oxygen atoms in total. The van der Waals surface area contributed by atoms with Crippen LogP contribution in [0.4, 0.5) is 4.39 Å². The van der Waals surface area contributed by atoms with Crippen molar-refractivity contribution in [3.8, 4) is 22.6 Å². The number of rotatable bonds is 3. The largest absolute Gasteiger partial charge is 0.337 e. The highest BCUT2D eigenvalue weighted by molar-refractivity contribution is 5.97. The minimum atomic E-state index is -0.250. The molecule has 1 aliphatic heterocycles. The van der Waals surface area contributed by atoms with E-state index in [4.69, 9.17) is 4.98 Å². The van der Waals surface area contributed by atoms with Gasteiger partial charge in [-0.15, -0.1) is 0 Å². The van der Waals surface area contributed by atoms with Crippen LogP contribution in [0.3, 0.4) is 0 Å². The van der Waals surface area contributed by atoms with E-state index in [9.17, 15) is 4.39 Å². The molecule has 3 aromatic heterocycles. The van der Waals surface area contributed by atoms with Crippen LogP contribution in [0.25, 0.3) is 44.6 Å². The second kappa shape index (κ2) is 7.28. The van der Waals surface area contributed by atoms with E-state index in [1.807, 2.05) is 24.4 Å². The molecule has 4 heterocycles. The SMILES string of the molecule is Fc1ccc(-c2cccc3[nH]c(-c4n[nH]c5cnc(C6CCNCC6)cc45)nc23)cc1. The monoisotopic (exact) mass is 412 g/mol. The summed E-state index contributed by atoms with van der Waals surface area (Å²) in [6.45, 7) is 2.05. The standard InChI is InChI=1S/C24H21FN6/c25-16-6-4-14(5-7-16)17-2-1-3-19-22(17)29-24(28-19)23-18-12-20(15-8-10-26-11-9-15)27-13-21(18)30-31-23/h1-7,12-13,15,26H,8-11H2,(H,28,29)(H,30,31). The van der Waals surface area contributed by atoms with Gasteiger partial charge in [-0.1, -0.05) is 24.3 Å². The normalized spacial score (nSPS) is 15.1. The smallest absolute Gasteiger partial charge is 0.159 e. The van der Waals surface area contributed by atoms with E-state index in [0.29, 0.717) is 11.7 Å². The first-order valence-electron chi connectivity index (χ1n) is 10.6. The third-order valence-electron chi connectivity index (χ3n) is 6.12. The summed E-state index contributed by atoms with van der Waals surface area (Å²) in [6, 6.07) is 14.6. The molecule has 1 saturated heterocycles. The molecule has 1 aliphatic rings. The maximum atomic E-state index is 13.4. The zero-order chi connectivity index (χ0) is 20.8. The summed E-state index contributed by atoms with van der Waals surface area (Å²) in [4.78, 5) is 13.0. The van der Waals surface area contributed by atoms with E-state index < -0.39 is 0 Å². The van der Waals surface area contributed by atoms with Gasteiger partial charge in [0.05, 0.1) is 22.7 Å². The zero-order valence-electron chi connectivity index (χ0n) is 16.8. The van der Waals surface area contributed by atoms with Crippen molar-refractivity contribution >= 4 is 21.9 Å². The van der Waals surface area contributed by atoms with Crippen LogP contribution in [-0.2, 0) is 0 Å². The summed E-state index contributed by atoms with van der Waals surface area (Å²) in [7, 11) is 0. The number of aromatic amines is 2. The topological polar surface area (TPSA) is 82.3 Å². The van der Waals surface area contributed by atoms with Crippen LogP contribution >= 0.6 is 0 Å². The number of aromatic nitrogens is 5. The summed E-state index contributed by atoms with van der Waals surface area (Å²) >= 11 is 0. The van der Waals surface area contributed by atoms with E-state index in [1.165, 1.54) is 12.1 Å². The van der Waals surface area contributed by atoms with Crippen LogP contribution in [0.5, 0.6) is 0 Å². The molecule has 7 heteroatoms. The van der Waals surface area contributed by atoms with Crippen molar-refractivity contribution in [2.45, 2.75) is 18.8 Å². The molecule has 1 fully saturated rings. The fourth-order valence-corrected chi connectivity index (χ4v) is 4.46. The van der Waals surface area contributed by atoms with Crippen molar-refractivity contribution in [2.24, 2.45) is 0 Å². The maximum absolute atomic E-state index is 13.4. The van der Waals surface area contributed by atoms with Gasteiger partial charge < -0.3 is 10.3 Å². The zero-order valence-corrected chi connectivity index (χ0v) is 16.8. The van der Waals surface area contributed by atoms with Crippen molar-refractivity contribution < 1.29 is 4.39 Å². The lowest BCUT2D eigenvalue weighted by Gasteiger charge is -2.21. The number of hydrogen-bond acceptors (Lipinski definition) is 4. The Balaban J connectivity index is 1.46. The number of hydrogen-bond donors (Lipinski definition) is 3. The molecule has 0 saturated carbocycles. The number of para-hydroxylation sites is 1. The van der Waals surface area contributed by atoms with Gasteiger partial charge in [0.2, 0.25) is 0 Å². The lowest BCUT2D eigenvalue weighted by molar-refractivity contribution is 0.453. The molecule has 0 unspecified atom stereocenters. The van der Waals surface area contributed by atoms with Crippen molar-refractivity contribution in [1.29, 1.82) is 0 Å². The molecule has 154 valence electrons. The number of halogens is 1. The van der Waals surface area contributed by atoms with Gasteiger partial charge in [-0.25, -0.2) is 9.37 Å². The number of nitrogens with one attached hydrogen (secondary N) is 3. The molecule has 6 rings (SSSR count). The molecule has 0 radical (unpaired) electrons. The van der Waals surface area contributed by atoms with Crippen molar-refractivity contribution in [3.05, 3.63) is 66.2 Å². The maximum Gasteiger partial charge on any atom is 0.159 e. The average molecular weight is 412 g/mol. The fraction of sp³-hybridized carbons (Fsp3) is 0.208. The Morgan fingerprint density at radius 2 is 1.81 bits per heavy atom. The Hall–Kier alpha value is -3.58. The van der Waals surface area contributed by atoms with Crippen molar-refractivity contribution in [3.63, 3.8) is 0 Å². The van der Waals surface area contributed by atoms with Gasteiger partial charge in [-0.3, -0.25) is 10.1 Å². The van der Waals surface area contributed by atoms with Gasteiger partial charge in [0.15, 0.2) is 5.82 Å². The molecule has 5 aromatic rings. The molecule has 2 aromatic carbocycles. The first kappa shape index (κ1) is 18.2. The first-order valence-corrected chi connectivity index (χ1v) is 10.6. The van der Waals surface area contributed by atoms with Crippen LogP contribution in [-0.4, -0.2) is 38.2 Å². The molecule has 31 heavy (non-hydrogen) atoms. The Morgan fingerprint density at radius 1 is 0.968 bits per heavy atom. The second-order valence-electron chi connectivity index (χ2n) is 8.05. The van der Waals surface area contributed by atoms with Gasteiger partial charge in [0, 0.05) is 22.6 Å². The molecule has 0 bridgehead atoms. The van der Waals surface area contributed by atoms with E-state index in [2.05, 4.69) is 31.5 Å². The van der Waals surface area contributed by atoms with Gasteiger partial charge in [-0.2, -0.15) is 5.10 Å². The van der Waals surface area contributed by atoms with Crippen LogP contribution in [0.2, 0.25) is 0 Å². The number of nitrogens with zero attached hydrogens (tertiary/aromatic N) is 3. The number of fused-ring (bicyclic) bond motifs is 2. The van der Waals surface area contributed by atoms with E-state index >= 15 is 0 Å². The van der Waals surface area contributed by atoms with E-state index in [1.54, 1.807) is 12.1 Å². The van der Waals surface area contributed by atoms with Gasteiger partial charge >= 0.3 is 0 Å². The Labute approximate surface area is 177 Å². The van der Waals surface area contributed by atoms with Crippen molar-refractivity contribution in [2.75, 3.05) is 13.1 Å². The summed E-state index contributed by atoms with van der Waals surface area (Å²) in [5.74, 6) is 0.923. The summed E-state index contributed by atoms with van der Waals surface area (Å²) in [5.41, 5.74) is 6.43. The Morgan fingerprint density at radius 3 is 2.65 bits per heavy atom. The summed E-state index contributed by atoms with van der Waals surface area (Å²) in [6.07, 6.45) is 4.06. The first-order chi connectivity index (χ1) is 15.3. The number of H-pyrrole nitrogens is 2. The minimum Gasteiger partial charge on any atom is -0.337 e. The molecule has 0 atom stereocenters. The number of benzene rings is 2. The van der Waals surface area contributed by atoms with E-state index in [-0.39, 0.29) is 5.82 Å². The fourth-order valence-electron chi connectivity index (χ4n) is 4.46. The number of pyridine rings is 1. The molecular weight excluding hydrogens is 391 g/mol. The van der Waals surface area contributed by atoms with Crippen LogP contribution in [0.15, 0.2) is 54.7 Å². The van der Waals surface area contributed by atoms with Crippen LogP contribution < -0.4 is 5.32 Å². The average Bonchev–Trinajstić information content (AvgIpc) is 3.43. The molecule has 0 aliphatic carbocycles. The third kappa shape index (κ3) is 3.18. The molecule has 0 amide bonds. The lowest BCUT2D eigenvalue weighted by Crippen LogP contribution is -2.27. The third-order valence-corrected chi connectivity index (χ3v) is 6.12. The Bertz CT molecular complexity index is 1380. The van der Waals surface area contributed by atoms with Gasteiger partial charge in [0.25, 0.3) is 0 Å². The predicted molar refractivity (Wildman–Crippen MR) is 119 cm³/mol.